The minimum atomic E-state index is 0.0567. The van der Waals surface area contributed by atoms with Gasteiger partial charge in [-0.15, -0.1) is 6.42 Å². The van der Waals surface area contributed by atoms with Crippen LogP contribution in [0, 0.1) is 12.3 Å². The standard InChI is InChI=1S/C5H6OS2/c1-2-5-3-4-7-8-6-5/h1,5H,3-4H2. The fourth-order valence-corrected chi connectivity index (χ4v) is 2.05. The monoisotopic (exact) mass is 146 g/mol. The van der Waals surface area contributed by atoms with Gasteiger partial charge in [-0.1, -0.05) is 16.7 Å². The van der Waals surface area contributed by atoms with Crippen molar-refractivity contribution in [2.75, 3.05) is 5.75 Å². The lowest BCUT2D eigenvalue weighted by Gasteiger charge is -2.13. The van der Waals surface area contributed by atoms with Crippen LogP contribution >= 0.6 is 21.9 Å². The molecule has 3 heteroatoms. The largest absolute Gasteiger partial charge is 0.289 e. The molecule has 1 unspecified atom stereocenters. The summed E-state index contributed by atoms with van der Waals surface area (Å²) < 4.78 is 5.07. The van der Waals surface area contributed by atoms with E-state index in [1.807, 2.05) is 0 Å². The Morgan fingerprint density at radius 3 is 3.00 bits per heavy atom. The Hall–Kier alpha value is 0.220. The third-order valence-electron chi connectivity index (χ3n) is 0.853. The fourth-order valence-electron chi connectivity index (χ4n) is 0.424. The van der Waals surface area contributed by atoms with E-state index in [0.29, 0.717) is 0 Å². The molecule has 0 radical (unpaired) electrons. The van der Waals surface area contributed by atoms with Crippen molar-refractivity contribution in [1.82, 2.24) is 0 Å². The minimum Gasteiger partial charge on any atom is -0.289 e. The summed E-state index contributed by atoms with van der Waals surface area (Å²) in [6, 6.07) is 0. The molecule has 0 bridgehead atoms. The molecule has 0 saturated carbocycles. The highest BCUT2D eigenvalue weighted by atomic mass is 33.1. The van der Waals surface area contributed by atoms with Gasteiger partial charge in [0.1, 0.15) is 6.10 Å². The van der Waals surface area contributed by atoms with Gasteiger partial charge >= 0.3 is 0 Å². The normalized spacial score (nSPS) is 29.1. The van der Waals surface area contributed by atoms with E-state index >= 15 is 0 Å². The van der Waals surface area contributed by atoms with E-state index in [9.17, 15) is 0 Å². The van der Waals surface area contributed by atoms with Crippen molar-refractivity contribution in [3.05, 3.63) is 0 Å². The second-order valence-electron chi connectivity index (χ2n) is 1.43. The van der Waals surface area contributed by atoms with Crippen LogP contribution in [0.1, 0.15) is 6.42 Å². The summed E-state index contributed by atoms with van der Waals surface area (Å²) in [5, 5.41) is 0. The maximum Gasteiger partial charge on any atom is 0.134 e. The maximum atomic E-state index is 5.11. The van der Waals surface area contributed by atoms with E-state index < -0.39 is 0 Å². The summed E-state index contributed by atoms with van der Waals surface area (Å²) in [5.74, 6) is 3.66. The number of rotatable bonds is 0. The summed E-state index contributed by atoms with van der Waals surface area (Å²) in [6.45, 7) is 0. The molecule has 0 aromatic rings. The molecule has 0 N–H and O–H groups in total. The molecule has 1 heterocycles. The van der Waals surface area contributed by atoms with Crippen LogP contribution in [-0.4, -0.2) is 11.9 Å². The first kappa shape index (κ1) is 6.34. The van der Waals surface area contributed by atoms with E-state index in [0.717, 1.165) is 12.2 Å². The average molecular weight is 146 g/mol. The number of hydrogen-bond acceptors (Lipinski definition) is 3. The van der Waals surface area contributed by atoms with Gasteiger partial charge in [0.15, 0.2) is 0 Å². The zero-order chi connectivity index (χ0) is 5.82. The van der Waals surface area contributed by atoms with E-state index in [4.69, 9.17) is 10.6 Å². The van der Waals surface area contributed by atoms with Crippen molar-refractivity contribution in [2.45, 2.75) is 12.5 Å². The summed E-state index contributed by atoms with van der Waals surface area (Å²) in [6.07, 6.45) is 6.16. The molecule has 8 heavy (non-hydrogen) atoms. The molecule has 1 fully saturated rings. The van der Waals surface area contributed by atoms with Crippen LogP contribution in [0.15, 0.2) is 0 Å². The van der Waals surface area contributed by atoms with Crippen LogP contribution in [-0.2, 0) is 4.18 Å². The van der Waals surface area contributed by atoms with Gasteiger partial charge in [0, 0.05) is 5.75 Å². The van der Waals surface area contributed by atoms with Gasteiger partial charge in [-0.2, -0.15) is 0 Å². The molecule has 1 nitrogen and oxygen atoms in total. The van der Waals surface area contributed by atoms with E-state index in [1.54, 1.807) is 10.8 Å². The molecule has 1 rings (SSSR count). The predicted molar refractivity (Wildman–Crippen MR) is 38.4 cm³/mol. The van der Waals surface area contributed by atoms with Crippen LogP contribution in [0.2, 0.25) is 0 Å². The zero-order valence-electron chi connectivity index (χ0n) is 4.29. The summed E-state index contributed by atoms with van der Waals surface area (Å²) in [5.41, 5.74) is 0. The second kappa shape index (κ2) is 3.29. The quantitative estimate of drug-likeness (QED) is 0.292. The average Bonchev–Trinajstić information content (AvgIpc) is 1.90. The Bertz CT molecular complexity index is 101. The first-order valence-electron chi connectivity index (χ1n) is 2.34. The summed E-state index contributed by atoms with van der Waals surface area (Å²) in [4.78, 5) is 0. The number of hydrogen-bond donors (Lipinski definition) is 0. The molecule has 0 aliphatic carbocycles. The van der Waals surface area contributed by atoms with Gasteiger partial charge in [0.25, 0.3) is 0 Å². The van der Waals surface area contributed by atoms with Crippen LogP contribution in [0.25, 0.3) is 0 Å². The van der Waals surface area contributed by atoms with Gasteiger partial charge in [0.05, 0.1) is 11.1 Å². The van der Waals surface area contributed by atoms with E-state index in [2.05, 4.69) is 5.92 Å². The molecular formula is C5H6OS2. The predicted octanol–water partition coefficient (Wildman–Crippen LogP) is 1.70. The Labute approximate surface area is 57.2 Å². The molecule has 44 valence electrons. The van der Waals surface area contributed by atoms with Crippen molar-refractivity contribution in [1.29, 1.82) is 0 Å². The molecule has 0 amide bonds. The Kier molecular flexibility index (Phi) is 2.60. The lowest BCUT2D eigenvalue weighted by atomic mass is 10.3. The van der Waals surface area contributed by atoms with Gasteiger partial charge in [-0.05, 0) is 6.42 Å². The lowest BCUT2D eigenvalue weighted by Crippen LogP contribution is -2.09. The van der Waals surface area contributed by atoms with Crippen LogP contribution in [0.5, 0.6) is 0 Å². The second-order valence-corrected chi connectivity index (χ2v) is 3.52. The lowest BCUT2D eigenvalue weighted by molar-refractivity contribution is 0.305. The van der Waals surface area contributed by atoms with Crippen molar-refractivity contribution in [3.8, 4) is 12.3 Å². The summed E-state index contributed by atoms with van der Waals surface area (Å²) >= 11 is 1.40. The molecule has 0 aromatic heterocycles. The summed E-state index contributed by atoms with van der Waals surface area (Å²) in [7, 11) is 1.71. The first-order valence-corrected chi connectivity index (χ1v) is 4.59. The first-order chi connectivity index (χ1) is 3.93. The topological polar surface area (TPSA) is 9.23 Å². The molecule has 1 atom stereocenters. The van der Waals surface area contributed by atoms with E-state index in [1.165, 1.54) is 11.1 Å². The number of terminal acetylenes is 1. The Morgan fingerprint density at radius 2 is 2.62 bits per heavy atom. The molecule has 1 aliphatic rings. The zero-order valence-corrected chi connectivity index (χ0v) is 5.93. The van der Waals surface area contributed by atoms with Crippen LogP contribution in [0.4, 0.5) is 0 Å². The highest BCUT2D eigenvalue weighted by Gasteiger charge is 2.10. The van der Waals surface area contributed by atoms with Crippen molar-refractivity contribution in [2.24, 2.45) is 0 Å². The van der Waals surface area contributed by atoms with Gasteiger partial charge in [-0.3, -0.25) is 4.18 Å². The third kappa shape index (κ3) is 1.62. The molecule has 0 aromatic carbocycles. The SMILES string of the molecule is C#CC1CCSSO1. The van der Waals surface area contributed by atoms with Crippen LogP contribution in [0.3, 0.4) is 0 Å². The third-order valence-corrected chi connectivity index (χ3v) is 2.69. The fraction of sp³-hybridized carbons (Fsp3) is 0.600. The Balaban J connectivity index is 2.25. The molecular weight excluding hydrogens is 140 g/mol. The molecule has 1 aliphatic heterocycles. The van der Waals surface area contributed by atoms with Gasteiger partial charge in [0.2, 0.25) is 0 Å². The van der Waals surface area contributed by atoms with Crippen molar-refractivity contribution < 1.29 is 4.18 Å². The maximum absolute atomic E-state index is 5.11. The smallest absolute Gasteiger partial charge is 0.134 e. The van der Waals surface area contributed by atoms with Gasteiger partial charge < -0.3 is 0 Å². The van der Waals surface area contributed by atoms with E-state index in [-0.39, 0.29) is 6.10 Å². The van der Waals surface area contributed by atoms with Crippen molar-refractivity contribution >= 4 is 21.9 Å². The Morgan fingerprint density at radius 1 is 1.75 bits per heavy atom. The van der Waals surface area contributed by atoms with Gasteiger partial charge in [-0.25, -0.2) is 0 Å². The highest BCUT2D eigenvalue weighted by molar-refractivity contribution is 8.74. The molecule has 1 saturated heterocycles. The van der Waals surface area contributed by atoms with Crippen LogP contribution < -0.4 is 0 Å². The minimum absolute atomic E-state index is 0.0567. The highest BCUT2D eigenvalue weighted by Crippen LogP contribution is 2.31. The van der Waals surface area contributed by atoms with Crippen molar-refractivity contribution in [3.63, 3.8) is 0 Å². The molecule has 0 spiro atoms.